The molecule has 0 aliphatic carbocycles. The lowest BCUT2D eigenvalue weighted by Gasteiger charge is -2.35. The van der Waals surface area contributed by atoms with Gasteiger partial charge in [0.05, 0.1) is 15.7 Å². The van der Waals surface area contributed by atoms with Gasteiger partial charge in [0.2, 0.25) is 10.0 Å². The highest BCUT2D eigenvalue weighted by Gasteiger charge is 2.30. The average Bonchev–Trinajstić information content (AvgIpc) is 3.11. The zero-order chi connectivity index (χ0) is 21.5. The van der Waals surface area contributed by atoms with Gasteiger partial charge in [0.1, 0.15) is 10.5 Å². The van der Waals surface area contributed by atoms with Gasteiger partial charge >= 0.3 is 6.16 Å². The lowest BCUT2D eigenvalue weighted by molar-refractivity contribution is 0.134. The van der Waals surface area contributed by atoms with E-state index in [9.17, 15) is 13.2 Å². The Morgan fingerprint density at radius 3 is 2.43 bits per heavy atom. The molecule has 4 rings (SSSR count). The van der Waals surface area contributed by atoms with Gasteiger partial charge in [-0.25, -0.2) is 13.2 Å². The van der Waals surface area contributed by atoms with Gasteiger partial charge in [-0.15, -0.1) is 0 Å². The minimum atomic E-state index is -3.70. The van der Waals surface area contributed by atoms with Crippen LogP contribution >= 0.6 is 23.2 Å². The van der Waals surface area contributed by atoms with Gasteiger partial charge in [-0.05, 0) is 24.3 Å². The maximum atomic E-state index is 12.9. The Hall–Kier alpha value is -2.46. The summed E-state index contributed by atoms with van der Waals surface area (Å²) in [5.74, 6) is -0.174. The largest absolute Gasteiger partial charge is 0.513 e. The molecule has 0 radical (unpaired) electrons. The van der Waals surface area contributed by atoms with E-state index in [4.69, 9.17) is 32.7 Å². The highest BCUT2D eigenvalue weighted by Crippen LogP contribution is 2.38. The van der Waals surface area contributed by atoms with Gasteiger partial charge in [-0.3, -0.25) is 0 Å². The third kappa shape index (κ3) is 3.81. The predicted molar refractivity (Wildman–Crippen MR) is 112 cm³/mol. The lowest BCUT2D eigenvalue weighted by Crippen LogP contribution is -2.48. The number of nitrogens with zero attached hydrogens (tertiary/aromatic N) is 2. The molecule has 158 valence electrons. The van der Waals surface area contributed by atoms with E-state index in [2.05, 4.69) is 4.74 Å². The summed E-state index contributed by atoms with van der Waals surface area (Å²) in [6.07, 6.45) is -1.48. The number of rotatable bonds is 4. The molecule has 1 N–H and O–H groups in total. The highest BCUT2D eigenvalue weighted by atomic mass is 35.5. The number of ether oxygens (including phenoxy) is 1. The smallest absolute Gasteiger partial charge is 0.449 e. The number of piperazine rings is 1. The first-order chi connectivity index (χ1) is 14.3. The Kier molecular flexibility index (Phi) is 5.54. The van der Waals surface area contributed by atoms with Crippen LogP contribution in [0.3, 0.4) is 0 Å². The van der Waals surface area contributed by atoms with Gasteiger partial charge in [0.15, 0.2) is 0 Å². The van der Waals surface area contributed by atoms with E-state index in [-0.39, 0.29) is 29.0 Å². The Bertz CT molecular complexity index is 1220. The molecule has 0 unspecified atom stereocenters. The number of sulfonamides is 1. The molecule has 8 nitrogen and oxygen atoms in total. The molecule has 3 aromatic rings. The van der Waals surface area contributed by atoms with Crippen LogP contribution in [0.2, 0.25) is 10.0 Å². The van der Waals surface area contributed by atoms with E-state index in [1.54, 1.807) is 30.3 Å². The summed E-state index contributed by atoms with van der Waals surface area (Å²) in [4.78, 5) is 12.7. The van der Waals surface area contributed by atoms with Crippen molar-refractivity contribution in [3.05, 3.63) is 52.5 Å². The van der Waals surface area contributed by atoms with Crippen molar-refractivity contribution in [1.82, 2.24) is 4.31 Å². The van der Waals surface area contributed by atoms with Crippen molar-refractivity contribution in [1.29, 1.82) is 0 Å². The zero-order valence-corrected chi connectivity index (χ0v) is 17.7. The van der Waals surface area contributed by atoms with Crippen LogP contribution in [0.1, 0.15) is 0 Å². The standard InChI is InChI=1S/C19H16Cl2N2O6S/c20-13-3-1-2-4-16(13)30(26,27)23-9-7-22(8-10-23)14-5-6-15-12(18(14)21)11-17(28-15)29-19(24)25/h1-6,11H,7-10H2,(H,24,25). The molecule has 0 atom stereocenters. The molecule has 0 bridgehead atoms. The topological polar surface area (TPSA) is 100 Å². The van der Waals surface area contributed by atoms with Crippen LogP contribution in [-0.4, -0.2) is 50.2 Å². The minimum absolute atomic E-state index is 0.0870. The molecule has 1 aliphatic heterocycles. The number of fused-ring (bicyclic) bond motifs is 1. The van der Waals surface area contributed by atoms with Crippen LogP contribution < -0.4 is 9.64 Å². The summed E-state index contributed by atoms with van der Waals surface area (Å²) >= 11 is 12.6. The maximum absolute atomic E-state index is 12.9. The zero-order valence-electron chi connectivity index (χ0n) is 15.4. The summed E-state index contributed by atoms with van der Waals surface area (Å²) in [7, 11) is -3.70. The van der Waals surface area contributed by atoms with E-state index in [1.807, 2.05) is 4.90 Å². The summed E-state index contributed by atoms with van der Waals surface area (Å²) in [5, 5.41) is 9.80. The number of halogens is 2. The van der Waals surface area contributed by atoms with Crippen LogP contribution in [0.15, 0.2) is 51.8 Å². The fraction of sp³-hybridized carbons (Fsp3) is 0.211. The fourth-order valence-corrected chi connectivity index (χ4v) is 5.63. The Morgan fingerprint density at radius 1 is 1.07 bits per heavy atom. The lowest BCUT2D eigenvalue weighted by atomic mass is 10.2. The quantitative estimate of drug-likeness (QED) is 0.566. The Morgan fingerprint density at radius 2 is 1.77 bits per heavy atom. The molecule has 1 saturated heterocycles. The number of carbonyl (C=O) groups is 1. The van der Waals surface area contributed by atoms with Gasteiger partial charge < -0.3 is 19.2 Å². The minimum Gasteiger partial charge on any atom is -0.449 e. The van der Waals surface area contributed by atoms with E-state index < -0.39 is 16.2 Å². The third-order valence-electron chi connectivity index (χ3n) is 4.81. The number of furan rings is 1. The van der Waals surface area contributed by atoms with Crippen molar-refractivity contribution in [3.8, 4) is 5.95 Å². The molecule has 1 aliphatic rings. The highest BCUT2D eigenvalue weighted by molar-refractivity contribution is 7.89. The molecule has 2 aromatic carbocycles. The first-order valence-corrected chi connectivity index (χ1v) is 11.1. The summed E-state index contributed by atoms with van der Waals surface area (Å²) < 4.78 is 37.1. The monoisotopic (exact) mass is 470 g/mol. The van der Waals surface area contributed by atoms with E-state index in [1.165, 1.54) is 16.4 Å². The SMILES string of the molecule is O=C(O)Oc1cc2c(Cl)c(N3CCN(S(=O)(=O)c4ccccc4Cl)CC3)ccc2o1. The molecule has 2 heterocycles. The average molecular weight is 471 g/mol. The predicted octanol–water partition coefficient (Wildman–Crippen LogP) is 4.31. The van der Waals surface area contributed by atoms with Gasteiger partial charge in [-0.2, -0.15) is 4.31 Å². The molecular formula is C19H16Cl2N2O6S. The van der Waals surface area contributed by atoms with Gasteiger partial charge in [0.25, 0.3) is 5.95 Å². The van der Waals surface area contributed by atoms with Crippen LogP contribution in [0.5, 0.6) is 5.95 Å². The van der Waals surface area contributed by atoms with Crippen molar-refractivity contribution in [2.24, 2.45) is 0 Å². The van der Waals surface area contributed by atoms with E-state index >= 15 is 0 Å². The van der Waals surface area contributed by atoms with Gasteiger partial charge in [0, 0.05) is 37.6 Å². The van der Waals surface area contributed by atoms with Crippen molar-refractivity contribution in [2.45, 2.75) is 4.90 Å². The second kappa shape index (κ2) is 7.99. The molecule has 0 amide bonds. The maximum Gasteiger partial charge on any atom is 0.513 e. The third-order valence-corrected chi connectivity index (χ3v) is 7.61. The van der Waals surface area contributed by atoms with Crippen molar-refractivity contribution < 1.29 is 27.5 Å². The summed E-state index contributed by atoms with van der Waals surface area (Å²) in [6, 6.07) is 11.2. The van der Waals surface area contributed by atoms with Crippen molar-refractivity contribution in [2.75, 3.05) is 31.1 Å². The van der Waals surface area contributed by atoms with Crippen molar-refractivity contribution >= 4 is 56.0 Å². The first-order valence-electron chi connectivity index (χ1n) is 8.90. The summed E-state index contributed by atoms with van der Waals surface area (Å²) in [6.45, 7) is 1.37. The fourth-order valence-electron chi connectivity index (χ4n) is 3.39. The van der Waals surface area contributed by atoms with Crippen LogP contribution in [0.25, 0.3) is 11.0 Å². The molecule has 30 heavy (non-hydrogen) atoms. The van der Waals surface area contributed by atoms with Crippen LogP contribution in [-0.2, 0) is 10.0 Å². The van der Waals surface area contributed by atoms with E-state index in [0.717, 1.165) is 0 Å². The molecule has 0 saturated carbocycles. The number of carboxylic acid groups (broad SMARTS) is 1. The molecule has 1 fully saturated rings. The van der Waals surface area contributed by atoms with Crippen LogP contribution in [0.4, 0.5) is 10.5 Å². The van der Waals surface area contributed by atoms with Gasteiger partial charge in [-0.1, -0.05) is 35.3 Å². The second-order valence-corrected chi connectivity index (χ2v) is 9.26. The first kappa shape index (κ1) is 20.8. The number of benzene rings is 2. The Balaban J connectivity index is 1.54. The summed E-state index contributed by atoms with van der Waals surface area (Å²) in [5.41, 5.74) is 1.08. The number of hydrogen-bond acceptors (Lipinski definition) is 6. The Labute approximate surface area is 182 Å². The second-order valence-electron chi connectivity index (χ2n) is 6.57. The van der Waals surface area contributed by atoms with Crippen LogP contribution in [0, 0.1) is 0 Å². The molecule has 1 aromatic heterocycles. The van der Waals surface area contributed by atoms with E-state index in [0.29, 0.717) is 34.8 Å². The van der Waals surface area contributed by atoms with Crippen molar-refractivity contribution in [3.63, 3.8) is 0 Å². The molecule has 0 spiro atoms. The molecule has 11 heteroatoms. The normalized spacial score (nSPS) is 15.5. The molecular weight excluding hydrogens is 455 g/mol. The number of hydrogen-bond donors (Lipinski definition) is 1. The number of anilines is 1.